The van der Waals surface area contributed by atoms with Crippen LogP contribution in [-0.4, -0.2) is 49.1 Å². The van der Waals surface area contributed by atoms with Crippen molar-refractivity contribution in [3.63, 3.8) is 0 Å². The molecule has 2 N–H and O–H groups in total. The number of nitrogens with one attached hydrogen (secondary N) is 2. The molecule has 0 spiro atoms. The molecule has 0 atom stereocenters. The van der Waals surface area contributed by atoms with E-state index < -0.39 is 38.6 Å². The molecule has 0 saturated carbocycles. The highest BCUT2D eigenvalue weighted by Gasteiger charge is 2.37. The number of benzene rings is 1. The molecule has 1 aliphatic rings. The molecule has 0 bridgehead atoms. The second-order valence-corrected chi connectivity index (χ2v) is 8.16. The molecule has 13 heteroatoms. The summed E-state index contributed by atoms with van der Waals surface area (Å²) in [5.41, 5.74) is 0.341. The summed E-state index contributed by atoms with van der Waals surface area (Å²) in [5, 5.41) is 13.2. The van der Waals surface area contributed by atoms with E-state index in [1.54, 1.807) is 0 Å². The molecule has 1 aromatic heterocycles. The normalized spacial score (nSPS) is 14.0. The van der Waals surface area contributed by atoms with Gasteiger partial charge in [0.1, 0.15) is 4.92 Å². The first-order valence-electron chi connectivity index (χ1n) is 8.54. The summed E-state index contributed by atoms with van der Waals surface area (Å²) in [6, 6.07) is 7.49. The van der Waals surface area contributed by atoms with Gasteiger partial charge in [-0.15, -0.1) is 0 Å². The SMILES string of the molecule is CC(=O)NS(=O)(=O)c1ccc(NC(=O)C2CN(C(=O)c3ccc([N+](=O)[O-])o3)C2)cc1. The van der Waals surface area contributed by atoms with Gasteiger partial charge >= 0.3 is 5.88 Å². The van der Waals surface area contributed by atoms with Crippen LogP contribution in [-0.2, 0) is 19.6 Å². The van der Waals surface area contributed by atoms with Gasteiger partial charge in [0.2, 0.25) is 11.8 Å². The van der Waals surface area contributed by atoms with Crippen molar-refractivity contribution in [2.75, 3.05) is 18.4 Å². The number of anilines is 1. The number of hydrogen-bond acceptors (Lipinski definition) is 8. The average Bonchev–Trinajstić information content (AvgIpc) is 3.10. The first-order valence-corrected chi connectivity index (χ1v) is 10.0. The third-order valence-electron chi connectivity index (χ3n) is 4.23. The second-order valence-electron chi connectivity index (χ2n) is 6.48. The van der Waals surface area contributed by atoms with Crippen LogP contribution in [0.4, 0.5) is 11.6 Å². The molecule has 158 valence electrons. The van der Waals surface area contributed by atoms with Crippen LogP contribution in [0.3, 0.4) is 0 Å². The molecule has 12 nitrogen and oxygen atoms in total. The predicted octanol–water partition coefficient (Wildman–Crippen LogP) is 0.723. The topological polar surface area (TPSA) is 169 Å². The Morgan fingerprint density at radius 1 is 1.13 bits per heavy atom. The Bertz CT molecular complexity index is 1120. The largest absolute Gasteiger partial charge is 0.433 e. The molecule has 1 aliphatic heterocycles. The minimum absolute atomic E-state index is 0.105. The van der Waals surface area contributed by atoms with Gasteiger partial charge in [0.25, 0.3) is 15.9 Å². The van der Waals surface area contributed by atoms with Crippen molar-refractivity contribution >= 4 is 39.3 Å². The summed E-state index contributed by atoms with van der Waals surface area (Å²) < 4.78 is 30.5. The van der Waals surface area contributed by atoms with Gasteiger partial charge in [0.05, 0.1) is 16.9 Å². The Labute approximate surface area is 170 Å². The summed E-state index contributed by atoms with van der Waals surface area (Å²) in [6.07, 6.45) is 0. The van der Waals surface area contributed by atoms with Crippen LogP contribution in [0.5, 0.6) is 0 Å². The van der Waals surface area contributed by atoms with E-state index in [9.17, 15) is 32.9 Å². The molecule has 2 aromatic rings. The predicted molar refractivity (Wildman–Crippen MR) is 101 cm³/mol. The zero-order valence-electron chi connectivity index (χ0n) is 15.5. The van der Waals surface area contributed by atoms with E-state index in [0.29, 0.717) is 5.69 Å². The average molecular weight is 436 g/mol. The Balaban J connectivity index is 1.54. The molecule has 30 heavy (non-hydrogen) atoms. The highest BCUT2D eigenvalue weighted by molar-refractivity contribution is 7.90. The molecule has 1 saturated heterocycles. The maximum absolute atomic E-state index is 12.3. The van der Waals surface area contributed by atoms with Crippen LogP contribution in [0.15, 0.2) is 45.7 Å². The quantitative estimate of drug-likeness (QED) is 0.493. The van der Waals surface area contributed by atoms with Crippen molar-refractivity contribution in [2.24, 2.45) is 5.92 Å². The molecule has 1 fully saturated rings. The Kier molecular flexibility index (Phi) is 5.56. The van der Waals surface area contributed by atoms with E-state index in [1.165, 1.54) is 35.2 Å². The van der Waals surface area contributed by atoms with Crippen molar-refractivity contribution in [2.45, 2.75) is 11.8 Å². The van der Waals surface area contributed by atoms with Gasteiger partial charge in [-0.05, 0) is 30.3 Å². The molecular weight excluding hydrogens is 420 g/mol. The lowest BCUT2D eigenvalue weighted by molar-refractivity contribution is -0.402. The molecule has 1 aromatic carbocycles. The van der Waals surface area contributed by atoms with Gasteiger partial charge in [-0.25, -0.2) is 13.1 Å². The number of likely N-dealkylation sites (tertiary alicyclic amines) is 1. The first kappa shape index (κ1) is 21.0. The summed E-state index contributed by atoms with van der Waals surface area (Å²) in [4.78, 5) is 46.5. The van der Waals surface area contributed by atoms with E-state index in [-0.39, 0.29) is 29.7 Å². The molecule has 0 aliphatic carbocycles. The fraction of sp³-hybridized carbons (Fsp3) is 0.235. The van der Waals surface area contributed by atoms with E-state index in [2.05, 4.69) is 5.32 Å². The fourth-order valence-electron chi connectivity index (χ4n) is 2.72. The highest BCUT2D eigenvalue weighted by Crippen LogP contribution is 2.24. The summed E-state index contributed by atoms with van der Waals surface area (Å²) in [6.45, 7) is 1.29. The molecular formula is C17H16N4O8S. The number of furan rings is 1. The number of amides is 3. The molecule has 2 heterocycles. The molecule has 0 unspecified atom stereocenters. The molecule has 3 amide bonds. The Hall–Kier alpha value is -3.74. The minimum atomic E-state index is -3.97. The number of nitrogens with zero attached hydrogens (tertiary/aromatic N) is 2. The zero-order valence-corrected chi connectivity index (χ0v) is 16.3. The van der Waals surface area contributed by atoms with Crippen LogP contribution >= 0.6 is 0 Å². The summed E-state index contributed by atoms with van der Waals surface area (Å²) in [7, 11) is -3.97. The van der Waals surface area contributed by atoms with Gasteiger partial charge in [0, 0.05) is 25.7 Å². The van der Waals surface area contributed by atoms with Crippen LogP contribution < -0.4 is 10.0 Å². The van der Waals surface area contributed by atoms with Gasteiger partial charge in [-0.3, -0.25) is 24.5 Å². The Morgan fingerprint density at radius 3 is 2.30 bits per heavy atom. The van der Waals surface area contributed by atoms with Crippen molar-refractivity contribution < 1.29 is 32.1 Å². The summed E-state index contributed by atoms with van der Waals surface area (Å²) in [5.74, 6) is -2.88. The number of rotatable bonds is 6. The summed E-state index contributed by atoms with van der Waals surface area (Å²) >= 11 is 0. The van der Waals surface area contributed by atoms with E-state index in [1.807, 2.05) is 4.72 Å². The van der Waals surface area contributed by atoms with Crippen LogP contribution in [0, 0.1) is 16.0 Å². The Morgan fingerprint density at radius 2 is 1.77 bits per heavy atom. The maximum Gasteiger partial charge on any atom is 0.433 e. The van der Waals surface area contributed by atoms with Crippen LogP contribution in [0.2, 0.25) is 0 Å². The second kappa shape index (κ2) is 7.94. The third-order valence-corrected chi connectivity index (χ3v) is 5.68. The van der Waals surface area contributed by atoms with E-state index in [4.69, 9.17) is 4.42 Å². The number of carbonyl (C=O) groups excluding carboxylic acids is 3. The third kappa shape index (κ3) is 4.46. The van der Waals surface area contributed by atoms with Crippen molar-refractivity contribution in [3.05, 3.63) is 52.3 Å². The lowest BCUT2D eigenvalue weighted by atomic mass is 9.98. The fourth-order valence-corrected chi connectivity index (χ4v) is 3.71. The van der Waals surface area contributed by atoms with Gasteiger partial charge in [-0.2, -0.15) is 0 Å². The van der Waals surface area contributed by atoms with Gasteiger partial charge in [-0.1, -0.05) is 0 Å². The maximum atomic E-state index is 12.3. The van der Waals surface area contributed by atoms with E-state index >= 15 is 0 Å². The first-order chi connectivity index (χ1) is 14.1. The van der Waals surface area contributed by atoms with Crippen molar-refractivity contribution in [1.82, 2.24) is 9.62 Å². The number of hydrogen-bond donors (Lipinski definition) is 2. The monoisotopic (exact) mass is 436 g/mol. The number of nitro groups is 1. The highest BCUT2D eigenvalue weighted by atomic mass is 32.2. The van der Waals surface area contributed by atoms with Crippen molar-refractivity contribution in [3.8, 4) is 0 Å². The lowest BCUT2D eigenvalue weighted by Crippen LogP contribution is -2.54. The lowest BCUT2D eigenvalue weighted by Gasteiger charge is -2.37. The molecule has 3 rings (SSSR count). The zero-order chi connectivity index (χ0) is 22.1. The van der Waals surface area contributed by atoms with Crippen LogP contribution in [0.25, 0.3) is 0 Å². The van der Waals surface area contributed by atoms with Gasteiger partial charge in [0.15, 0.2) is 5.76 Å². The van der Waals surface area contributed by atoms with Crippen molar-refractivity contribution in [1.29, 1.82) is 0 Å². The minimum Gasteiger partial charge on any atom is -0.395 e. The van der Waals surface area contributed by atoms with Gasteiger partial charge < -0.3 is 14.6 Å². The van der Waals surface area contributed by atoms with E-state index in [0.717, 1.165) is 13.0 Å². The van der Waals surface area contributed by atoms with Crippen LogP contribution in [0.1, 0.15) is 17.5 Å². The molecule has 0 radical (unpaired) electrons. The number of sulfonamides is 1. The smallest absolute Gasteiger partial charge is 0.395 e. The number of carbonyl (C=O) groups is 3. The standard InChI is InChI=1S/C17H16N4O8S/c1-10(22)19-30(27,28)13-4-2-12(3-5-13)18-16(23)11-8-20(9-11)17(24)14-6-7-15(29-14)21(25)26/h2-7,11H,8-9H2,1H3,(H,18,23)(H,19,22).